The van der Waals surface area contributed by atoms with E-state index >= 15 is 0 Å². The van der Waals surface area contributed by atoms with E-state index < -0.39 is 10.4 Å². The van der Waals surface area contributed by atoms with Gasteiger partial charge >= 0.3 is 10.4 Å². The van der Waals surface area contributed by atoms with Crippen molar-refractivity contribution in [3.63, 3.8) is 0 Å². The zero-order valence-corrected chi connectivity index (χ0v) is 11.1. The number of allylic oxidation sites excluding steroid dienone is 1. The molecule has 0 aromatic heterocycles. The summed E-state index contributed by atoms with van der Waals surface area (Å²) in [6.07, 6.45) is 5.20. The van der Waals surface area contributed by atoms with Crippen molar-refractivity contribution in [3.05, 3.63) is 12.3 Å². The molecule has 0 radical (unpaired) electrons. The van der Waals surface area contributed by atoms with E-state index in [0.717, 1.165) is 20.2 Å². The maximum absolute atomic E-state index is 9.33. The quantitative estimate of drug-likeness (QED) is 0.531. The normalized spacial score (nSPS) is 11.4. The lowest BCUT2D eigenvalue weighted by atomic mass is 10.4. The number of nitrogens with one attached hydrogen (secondary N) is 1. The molecule has 0 amide bonds. The minimum absolute atomic E-state index is 0.870. The van der Waals surface area contributed by atoms with Gasteiger partial charge in [-0.25, -0.2) is 0 Å². The van der Waals surface area contributed by atoms with Crippen LogP contribution in [-0.2, 0) is 14.6 Å². The maximum atomic E-state index is 9.33. The van der Waals surface area contributed by atoms with E-state index in [1.165, 1.54) is 6.42 Å². The molecule has 0 aliphatic carbocycles. The predicted molar refractivity (Wildman–Crippen MR) is 64.5 cm³/mol. The van der Waals surface area contributed by atoms with Crippen LogP contribution in [-0.4, -0.2) is 52.2 Å². The third-order valence-electron chi connectivity index (χ3n) is 1.42. The highest BCUT2D eigenvalue weighted by atomic mass is 32.3. The van der Waals surface area contributed by atoms with Crippen molar-refractivity contribution in [1.29, 1.82) is 0 Å². The lowest BCUT2D eigenvalue weighted by Gasteiger charge is -2.08. The Morgan fingerprint density at radius 2 is 1.94 bits per heavy atom. The Morgan fingerprint density at radius 1 is 1.44 bits per heavy atom. The van der Waals surface area contributed by atoms with Crippen LogP contribution in [0.25, 0.3) is 0 Å². The van der Waals surface area contributed by atoms with E-state index in [9.17, 15) is 8.42 Å². The van der Waals surface area contributed by atoms with E-state index in [0.29, 0.717) is 0 Å². The van der Waals surface area contributed by atoms with E-state index in [2.05, 4.69) is 28.5 Å². The summed E-state index contributed by atoms with van der Waals surface area (Å²) in [6, 6.07) is 0. The van der Waals surface area contributed by atoms with Crippen LogP contribution in [0.1, 0.15) is 13.3 Å². The average molecular weight is 254 g/mol. The third kappa shape index (κ3) is 23.3. The highest BCUT2D eigenvalue weighted by Crippen LogP contribution is 1.80. The molecular weight excluding hydrogens is 232 g/mol. The zero-order chi connectivity index (χ0) is 13.0. The van der Waals surface area contributed by atoms with E-state index in [-0.39, 0.29) is 0 Å². The van der Waals surface area contributed by atoms with Gasteiger partial charge in [0.2, 0.25) is 0 Å². The molecular formula is C9H22N2O4S. The van der Waals surface area contributed by atoms with Crippen LogP contribution in [0.2, 0.25) is 0 Å². The van der Waals surface area contributed by atoms with Crippen molar-refractivity contribution in [2.75, 3.05) is 34.3 Å². The van der Waals surface area contributed by atoms with Crippen molar-refractivity contribution in [2.24, 2.45) is 0 Å². The fourth-order valence-corrected chi connectivity index (χ4v) is 0.699. The third-order valence-corrected chi connectivity index (χ3v) is 1.84. The van der Waals surface area contributed by atoms with Crippen LogP contribution in [0.15, 0.2) is 12.3 Å². The Bertz CT molecular complexity index is 263. The molecule has 2 N–H and O–H groups in total. The van der Waals surface area contributed by atoms with Crippen LogP contribution < -0.4 is 5.32 Å². The van der Waals surface area contributed by atoms with Crippen LogP contribution in [0.4, 0.5) is 0 Å². The van der Waals surface area contributed by atoms with Gasteiger partial charge in [-0.1, -0.05) is 6.08 Å². The van der Waals surface area contributed by atoms with Crippen molar-refractivity contribution in [1.82, 2.24) is 10.2 Å². The summed E-state index contributed by atoms with van der Waals surface area (Å²) in [7, 11) is 0.894. The molecule has 6 nitrogen and oxygen atoms in total. The van der Waals surface area contributed by atoms with Crippen LogP contribution in [0, 0.1) is 0 Å². The molecule has 0 saturated carbocycles. The first-order valence-corrected chi connectivity index (χ1v) is 6.22. The Kier molecular flexibility index (Phi) is 12.1. The number of hydrogen-bond donors (Lipinski definition) is 2. The maximum Gasteiger partial charge on any atom is 0.397 e. The molecule has 0 atom stereocenters. The topological polar surface area (TPSA) is 78.9 Å². The van der Waals surface area contributed by atoms with Crippen molar-refractivity contribution < 1.29 is 17.2 Å². The fraction of sp³-hybridized carbons (Fsp3) is 0.778. The number of rotatable bonds is 6. The Balaban J connectivity index is 0. The van der Waals surface area contributed by atoms with Gasteiger partial charge in [-0.05, 0) is 40.2 Å². The SMILES string of the molecule is CC=CNCCCN(C)C.COS(=O)(=O)O. The zero-order valence-electron chi connectivity index (χ0n) is 10.3. The van der Waals surface area contributed by atoms with Crippen LogP contribution in [0.5, 0.6) is 0 Å². The summed E-state index contributed by atoms with van der Waals surface area (Å²) >= 11 is 0. The molecule has 0 bridgehead atoms. The molecule has 0 spiro atoms. The van der Waals surface area contributed by atoms with E-state index in [4.69, 9.17) is 4.55 Å². The standard InChI is InChI=1S/C8H18N2.CH4O4S/c1-4-6-9-7-5-8-10(2)3;1-5-6(2,3)4/h4,6,9H,5,7-8H2,1-3H3;1H3,(H,2,3,4). The Hall–Kier alpha value is -0.630. The van der Waals surface area contributed by atoms with Crippen LogP contribution in [0.3, 0.4) is 0 Å². The van der Waals surface area contributed by atoms with E-state index in [1.807, 2.05) is 19.2 Å². The molecule has 0 heterocycles. The van der Waals surface area contributed by atoms with Gasteiger partial charge in [0.25, 0.3) is 0 Å². The van der Waals surface area contributed by atoms with E-state index in [1.54, 1.807) is 0 Å². The summed E-state index contributed by atoms with van der Waals surface area (Å²) in [5, 5.41) is 3.18. The molecule has 0 aromatic rings. The smallest absolute Gasteiger partial charge is 0.391 e. The summed E-state index contributed by atoms with van der Waals surface area (Å²) in [5.74, 6) is 0. The lowest BCUT2D eigenvalue weighted by molar-refractivity contribution is 0.324. The molecule has 16 heavy (non-hydrogen) atoms. The van der Waals surface area contributed by atoms with Gasteiger partial charge < -0.3 is 10.2 Å². The molecule has 7 heteroatoms. The number of nitrogens with zero attached hydrogens (tertiary/aromatic N) is 1. The summed E-state index contributed by atoms with van der Waals surface area (Å²) in [5.41, 5.74) is 0. The Morgan fingerprint density at radius 3 is 2.25 bits per heavy atom. The van der Waals surface area contributed by atoms with Gasteiger partial charge in [0.05, 0.1) is 7.11 Å². The largest absolute Gasteiger partial charge is 0.397 e. The van der Waals surface area contributed by atoms with Gasteiger partial charge in [-0.15, -0.1) is 0 Å². The average Bonchev–Trinajstić information content (AvgIpc) is 2.17. The second kappa shape index (κ2) is 10.9. The van der Waals surface area contributed by atoms with Crippen molar-refractivity contribution >= 4 is 10.4 Å². The van der Waals surface area contributed by atoms with Gasteiger partial charge in [-0.2, -0.15) is 8.42 Å². The molecule has 0 aliphatic heterocycles. The summed E-state index contributed by atoms with van der Waals surface area (Å²) in [4.78, 5) is 2.19. The highest BCUT2D eigenvalue weighted by molar-refractivity contribution is 7.80. The second-order valence-electron chi connectivity index (χ2n) is 3.21. The molecule has 0 aliphatic rings. The van der Waals surface area contributed by atoms with Gasteiger partial charge in [0.1, 0.15) is 0 Å². The molecule has 0 saturated heterocycles. The summed E-state index contributed by atoms with van der Waals surface area (Å²) < 4.78 is 29.7. The minimum Gasteiger partial charge on any atom is -0.391 e. The summed E-state index contributed by atoms with van der Waals surface area (Å²) in [6.45, 7) is 4.24. The second-order valence-corrected chi connectivity index (χ2v) is 4.39. The first kappa shape index (κ1) is 17.8. The Labute approximate surface area is 98.2 Å². The molecule has 98 valence electrons. The predicted octanol–water partition coefficient (Wildman–Crippen LogP) is 0.497. The fourth-order valence-electron chi connectivity index (χ4n) is 0.699. The van der Waals surface area contributed by atoms with Gasteiger partial charge in [-0.3, -0.25) is 8.74 Å². The van der Waals surface area contributed by atoms with Crippen LogP contribution >= 0.6 is 0 Å². The van der Waals surface area contributed by atoms with Gasteiger partial charge in [0.15, 0.2) is 0 Å². The van der Waals surface area contributed by atoms with Gasteiger partial charge in [0, 0.05) is 6.54 Å². The molecule has 0 rings (SSSR count). The lowest BCUT2D eigenvalue weighted by Crippen LogP contribution is -2.17. The van der Waals surface area contributed by atoms with Crippen molar-refractivity contribution in [2.45, 2.75) is 13.3 Å². The monoisotopic (exact) mass is 254 g/mol. The van der Waals surface area contributed by atoms with Crippen molar-refractivity contribution in [3.8, 4) is 0 Å². The molecule has 0 aromatic carbocycles. The highest BCUT2D eigenvalue weighted by Gasteiger charge is 1.94. The number of hydrogen-bond acceptors (Lipinski definition) is 5. The minimum atomic E-state index is -4.16. The molecule has 0 unspecified atom stereocenters. The first-order chi connectivity index (χ1) is 7.33. The molecule has 0 fully saturated rings. The first-order valence-electron chi connectivity index (χ1n) is 4.85.